The molecule has 1 saturated carbocycles. The molecular weight excluding hydrogens is 338 g/mol. The Bertz CT molecular complexity index is 683. The number of anilines is 1. The number of halogens is 1. The summed E-state index contributed by atoms with van der Waals surface area (Å²) < 4.78 is 39.9. The number of amides is 1. The van der Waals surface area contributed by atoms with E-state index in [-0.39, 0.29) is 51.4 Å². The zero-order chi connectivity index (χ0) is 15.2. The van der Waals surface area contributed by atoms with Gasteiger partial charge < -0.3 is 5.11 Å². The van der Waals surface area contributed by atoms with Crippen molar-refractivity contribution in [2.45, 2.75) is 25.7 Å². The van der Waals surface area contributed by atoms with E-state index in [4.69, 9.17) is 0 Å². The molecule has 1 saturated heterocycles. The molecule has 2 aliphatic rings. The summed E-state index contributed by atoms with van der Waals surface area (Å²) in [6, 6.07) is 2.60. The fourth-order valence-electron chi connectivity index (χ4n) is 2.68. The Labute approximate surface area is 170 Å². The van der Waals surface area contributed by atoms with Crippen LogP contribution in [-0.2, 0) is 21.4 Å². The van der Waals surface area contributed by atoms with Crippen LogP contribution in [0.4, 0.5) is 10.1 Å². The molecule has 2 N–H and O–H groups in total. The molecule has 116 valence electrons. The molecule has 0 spiro atoms. The van der Waals surface area contributed by atoms with Crippen LogP contribution in [0.5, 0.6) is 5.75 Å². The third kappa shape index (κ3) is 3.49. The predicted octanol–water partition coefficient (Wildman–Crippen LogP) is 0.406. The number of nitrogens with zero attached hydrogens (tertiary/aromatic N) is 1. The average molecular weight is 354 g/mol. The number of hydrogen-bond donors (Lipinski definition) is 2. The summed E-state index contributed by atoms with van der Waals surface area (Å²) in [5.41, 5.74) is 0.153. The molecular formula is C13H16FKN2O4S. The van der Waals surface area contributed by atoms with Gasteiger partial charge in [0.05, 0.1) is 0 Å². The molecule has 6 nitrogen and oxygen atoms in total. The van der Waals surface area contributed by atoms with Crippen LogP contribution in [0, 0.1) is 11.7 Å². The van der Waals surface area contributed by atoms with E-state index in [1.54, 1.807) is 4.72 Å². The summed E-state index contributed by atoms with van der Waals surface area (Å²) in [5.74, 6) is -1.57. The minimum atomic E-state index is -4.13. The predicted molar refractivity (Wildman–Crippen MR) is 80.7 cm³/mol. The van der Waals surface area contributed by atoms with E-state index in [9.17, 15) is 22.7 Å². The number of phenolic OH excluding ortho intramolecular Hbond substituents is 1. The van der Waals surface area contributed by atoms with Crippen molar-refractivity contribution >= 4 is 73.2 Å². The first-order chi connectivity index (χ1) is 9.87. The van der Waals surface area contributed by atoms with Gasteiger partial charge in [0.15, 0.2) is 5.82 Å². The van der Waals surface area contributed by atoms with Crippen LogP contribution >= 0.6 is 0 Å². The number of hydrogen-bond acceptors (Lipinski definition) is 4. The van der Waals surface area contributed by atoms with Crippen LogP contribution < -0.4 is 9.03 Å². The summed E-state index contributed by atoms with van der Waals surface area (Å²) >= 11 is 0. The summed E-state index contributed by atoms with van der Waals surface area (Å²) in [5, 5.41) is 9.97. The van der Waals surface area contributed by atoms with E-state index in [0.717, 1.165) is 19.3 Å². The zero-order valence-electron chi connectivity index (χ0n) is 11.2. The van der Waals surface area contributed by atoms with Crippen molar-refractivity contribution in [1.82, 2.24) is 4.72 Å². The Morgan fingerprint density at radius 2 is 2.05 bits per heavy atom. The van der Waals surface area contributed by atoms with Crippen molar-refractivity contribution in [2.24, 2.45) is 5.92 Å². The number of rotatable bonds is 3. The van der Waals surface area contributed by atoms with Gasteiger partial charge in [0.1, 0.15) is 18.0 Å². The molecule has 1 aromatic carbocycles. The number of nitrogens with one attached hydrogen (secondary N) is 1. The molecule has 1 amide bonds. The van der Waals surface area contributed by atoms with Gasteiger partial charge in [0.25, 0.3) is 5.91 Å². The van der Waals surface area contributed by atoms with Crippen LogP contribution in [-0.4, -0.2) is 77.4 Å². The Morgan fingerprint density at radius 1 is 1.36 bits per heavy atom. The number of phenols is 1. The Balaban J connectivity index is 0.00000176. The van der Waals surface area contributed by atoms with Crippen molar-refractivity contribution in [2.75, 3.05) is 10.8 Å². The van der Waals surface area contributed by atoms with Gasteiger partial charge in [-0.1, -0.05) is 19.3 Å². The minimum absolute atomic E-state index is 0. The maximum atomic E-state index is 14.2. The average Bonchev–Trinajstić information content (AvgIpc) is 2.57. The van der Waals surface area contributed by atoms with Gasteiger partial charge in [-0.15, -0.1) is 0 Å². The topological polar surface area (TPSA) is 86.7 Å². The molecule has 9 heteroatoms. The summed E-state index contributed by atoms with van der Waals surface area (Å²) in [6.07, 6.45) is 4.00. The van der Waals surface area contributed by atoms with Crippen LogP contribution in [0.15, 0.2) is 12.1 Å². The first-order valence-corrected chi connectivity index (χ1v) is 8.15. The quantitative estimate of drug-likeness (QED) is 0.770. The molecule has 0 aromatic heterocycles. The number of carbonyl (C=O) groups excluding carboxylic acids is 1. The SMILES string of the molecule is O=C1CN(c2c(O)cc(CC3CCC3)cc2F)S(=O)(=O)N1.[KH]. The molecule has 1 aromatic rings. The van der Waals surface area contributed by atoms with Gasteiger partial charge in [-0.05, 0) is 30.0 Å². The van der Waals surface area contributed by atoms with E-state index in [2.05, 4.69) is 0 Å². The van der Waals surface area contributed by atoms with Gasteiger partial charge >= 0.3 is 61.6 Å². The van der Waals surface area contributed by atoms with Crippen molar-refractivity contribution in [1.29, 1.82) is 0 Å². The number of aromatic hydroxyl groups is 1. The second-order valence-corrected chi connectivity index (χ2v) is 7.08. The van der Waals surface area contributed by atoms with Gasteiger partial charge in [-0.25, -0.2) is 13.4 Å². The Kier molecular flexibility index (Phi) is 5.56. The molecule has 22 heavy (non-hydrogen) atoms. The van der Waals surface area contributed by atoms with E-state index in [1.165, 1.54) is 12.1 Å². The second kappa shape index (κ2) is 6.74. The van der Waals surface area contributed by atoms with Gasteiger partial charge in [-0.3, -0.25) is 4.79 Å². The van der Waals surface area contributed by atoms with Crippen LogP contribution in [0.3, 0.4) is 0 Å². The van der Waals surface area contributed by atoms with Crippen LogP contribution in [0.25, 0.3) is 0 Å². The van der Waals surface area contributed by atoms with E-state index < -0.39 is 39.9 Å². The second-order valence-electron chi connectivity index (χ2n) is 5.48. The van der Waals surface area contributed by atoms with Crippen molar-refractivity contribution < 1.29 is 22.7 Å². The zero-order valence-corrected chi connectivity index (χ0v) is 12.0. The third-order valence-corrected chi connectivity index (χ3v) is 5.30. The van der Waals surface area contributed by atoms with Gasteiger partial charge in [-0.2, -0.15) is 8.42 Å². The molecule has 0 bridgehead atoms. The van der Waals surface area contributed by atoms with E-state index >= 15 is 0 Å². The normalized spacial score (nSPS) is 20.2. The molecule has 2 fully saturated rings. The molecule has 0 unspecified atom stereocenters. The molecule has 0 atom stereocenters. The van der Waals surface area contributed by atoms with Crippen molar-refractivity contribution in [3.05, 3.63) is 23.5 Å². The Morgan fingerprint density at radius 3 is 2.50 bits per heavy atom. The monoisotopic (exact) mass is 354 g/mol. The molecule has 3 rings (SSSR count). The molecule has 0 radical (unpaired) electrons. The van der Waals surface area contributed by atoms with E-state index in [1.807, 2.05) is 0 Å². The molecule has 1 aliphatic carbocycles. The fraction of sp³-hybridized carbons (Fsp3) is 0.462. The fourth-order valence-corrected chi connectivity index (χ4v) is 3.85. The Hall–Kier alpha value is -0.194. The summed E-state index contributed by atoms with van der Waals surface area (Å²) in [7, 11) is -4.13. The van der Waals surface area contributed by atoms with Crippen LogP contribution in [0.1, 0.15) is 24.8 Å². The molecule has 1 heterocycles. The summed E-state index contributed by atoms with van der Waals surface area (Å²) in [4.78, 5) is 11.2. The summed E-state index contributed by atoms with van der Waals surface area (Å²) in [6.45, 7) is -0.533. The third-order valence-electron chi connectivity index (χ3n) is 3.92. The van der Waals surface area contributed by atoms with Crippen LogP contribution in [0.2, 0.25) is 0 Å². The first-order valence-electron chi connectivity index (χ1n) is 6.71. The van der Waals surface area contributed by atoms with Crippen molar-refractivity contribution in [3.63, 3.8) is 0 Å². The first kappa shape index (κ1) is 18.1. The van der Waals surface area contributed by atoms with E-state index in [0.29, 0.717) is 22.2 Å². The number of benzene rings is 1. The number of carbonyl (C=O) groups is 1. The standard InChI is InChI=1S/C13H15FN2O4S.K.H/c14-10-5-9(4-8-2-1-3-8)6-11(17)13(10)16-7-12(18)15-21(16,19)20;;/h5-6,8,17H,1-4,7H2,(H,15,18);;. The molecule has 1 aliphatic heterocycles. The van der Waals surface area contributed by atoms with Gasteiger partial charge in [0.2, 0.25) is 0 Å². The van der Waals surface area contributed by atoms with Crippen molar-refractivity contribution in [3.8, 4) is 5.75 Å². The van der Waals surface area contributed by atoms with Gasteiger partial charge in [0, 0.05) is 0 Å². The maximum absolute atomic E-state index is 14.2.